The molecule has 1 aliphatic rings. The van der Waals surface area contributed by atoms with E-state index in [1.165, 1.54) is 4.31 Å². The second-order valence-corrected chi connectivity index (χ2v) is 6.14. The topological polar surface area (TPSA) is 84.7 Å². The Labute approximate surface area is 104 Å². The fraction of sp³-hybridized carbons (Fsp3) is 1.00. The molecule has 7 heteroatoms. The summed E-state index contributed by atoms with van der Waals surface area (Å²) in [6.45, 7) is 3.57. The summed E-state index contributed by atoms with van der Waals surface area (Å²) in [5, 5.41) is 0. The van der Waals surface area contributed by atoms with Gasteiger partial charge in [0.2, 0.25) is 0 Å². The molecule has 1 fully saturated rings. The van der Waals surface area contributed by atoms with Gasteiger partial charge in [-0.25, -0.2) is 0 Å². The molecule has 1 rings (SSSR count). The van der Waals surface area contributed by atoms with Crippen LogP contribution < -0.4 is 10.5 Å². The van der Waals surface area contributed by atoms with Gasteiger partial charge in [-0.15, -0.1) is 0 Å². The molecule has 0 atom stereocenters. The molecule has 6 nitrogen and oxygen atoms in total. The lowest BCUT2D eigenvalue weighted by Gasteiger charge is -2.36. The van der Waals surface area contributed by atoms with E-state index in [9.17, 15) is 8.42 Å². The molecule has 0 radical (unpaired) electrons. The highest BCUT2D eigenvalue weighted by molar-refractivity contribution is 7.87. The highest BCUT2D eigenvalue weighted by Crippen LogP contribution is 2.24. The minimum absolute atomic E-state index is 0.0110. The highest BCUT2D eigenvalue weighted by atomic mass is 32.2. The first-order chi connectivity index (χ1) is 7.99. The average Bonchev–Trinajstić information content (AvgIpc) is 2.22. The van der Waals surface area contributed by atoms with Gasteiger partial charge in [-0.05, 0) is 32.7 Å². The van der Waals surface area contributed by atoms with Gasteiger partial charge in [-0.1, -0.05) is 0 Å². The Morgan fingerprint density at radius 3 is 2.65 bits per heavy atom. The molecular formula is C10H23N3O3S. The van der Waals surface area contributed by atoms with Crippen LogP contribution in [0.15, 0.2) is 0 Å². The van der Waals surface area contributed by atoms with Crippen molar-refractivity contribution in [3.63, 3.8) is 0 Å². The Morgan fingerprint density at radius 2 is 2.12 bits per heavy atom. The number of hydrogen-bond donors (Lipinski definition) is 2. The van der Waals surface area contributed by atoms with E-state index in [1.54, 1.807) is 7.05 Å². The van der Waals surface area contributed by atoms with Crippen LogP contribution in [0.4, 0.5) is 0 Å². The van der Waals surface area contributed by atoms with Crippen molar-refractivity contribution in [1.29, 1.82) is 0 Å². The third-order valence-corrected chi connectivity index (χ3v) is 4.53. The van der Waals surface area contributed by atoms with Gasteiger partial charge in [0.25, 0.3) is 10.2 Å². The fourth-order valence-corrected chi connectivity index (χ4v) is 2.93. The van der Waals surface area contributed by atoms with E-state index < -0.39 is 10.2 Å². The number of rotatable bonds is 8. The standard InChI is InChI=1S/C10H23N3O3S/c1-3-16-10-7-9(8-10)12-17(14,15)13(2)6-4-5-11/h9-10,12H,3-8,11H2,1-2H3. The van der Waals surface area contributed by atoms with Crippen LogP contribution in [0.5, 0.6) is 0 Å². The van der Waals surface area contributed by atoms with Crippen molar-refractivity contribution < 1.29 is 13.2 Å². The second-order valence-electron chi connectivity index (χ2n) is 4.33. The molecule has 0 amide bonds. The highest BCUT2D eigenvalue weighted by Gasteiger charge is 2.33. The lowest BCUT2D eigenvalue weighted by Crippen LogP contribution is -2.51. The minimum Gasteiger partial charge on any atom is -0.378 e. The van der Waals surface area contributed by atoms with Crippen LogP contribution in [0.2, 0.25) is 0 Å². The normalized spacial score (nSPS) is 24.9. The van der Waals surface area contributed by atoms with Crippen LogP contribution in [0.1, 0.15) is 26.2 Å². The smallest absolute Gasteiger partial charge is 0.279 e. The van der Waals surface area contributed by atoms with Gasteiger partial charge in [-0.2, -0.15) is 17.4 Å². The van der Waals surface area contributed by atoms with Crippen LogP contribution >= 0.6 is 0 Å². The van der Waals surface area contributed by atoms with E-state index in [4.69, 9.17) is 10.5 Å². The molecule has 0 bridgehead atoms. The quantitative estimate of drug-likeness (QED) is 0.629. The van der Waals surface area contributed by atoms with Gasteiger partial charge >= 0.3 is 0 Å². The van der Waals surface area contributed by atoms with Crippen molar-refractivity contribution in [2.24, 2.45) is 5.73 Å². The number of ether oxygens (including phenoxy) is 1. The van der Waals surface area contributed by atoms with E-state index >= 15 is 0 Å². The lowest BCUT2D eigenvalue weighted by molar-refractivity contribution is -0.00503. The molecule has 1 saturated carbocycles. The van der Waals surface area contributed by atoms with Gasteiger partial charge < -0.3 is 10.5 Å². The Bertz CT molecular complexity index is 315. The molecule has 0 aromatic heterocycles. The molecule has 17 heavy (non-hydrogen) atoms. The molecule has 0 spiro atoms. The van der Waals surface area contributed by atoms with E-state index in [2.05, 4.69) is 4.72 Å². The summed E-state index contributed by atoms with van der Waals surface area (Å²) in [7, 11) is -1.79. The molecule has 3 N–H and O–H groups in total. The van der Waals surface area contributed by atoms with Crippen molar-refractivity contribution in [1.82, 2.24) is 9.03 Å². The fourth-order valence-electron chi connectivity index (χ4n) is 1.77. The predicted molar refractivity (Wildman–Crippen MR) is 66.8 cm³/mol. The number of nitrogens with zero attached hydrogens (tertiary/aromatic N) is 1. The van der Waals surface area contributed by atoms with Crippen LogP contribution in [0.3, 0.4) is 0 Å². The zero-order chi connectivity index (χ0) is 12.9. The number of nitrogens with two attached hydrogens (primary N) is 1. The molecule has 0 aliphatic heterocycles. The van der Waals surface area contributed by atoms with E-state index in [1.807, 2.05) is 6.92 Å². The van der Waals surface area contributed by atoms with Gasteiger partial charge in [0.15, 0.2) is 0 Å². The third-order valence-electron chi connectivity index (χ3n) is 2.90. The maximum absolute atomic E-state index is 11.8. The van der Waals surface area contributed by atoms with Crippen LogP contribution in [0, 0.1) is 0 Å². The van der Waals surface area contributed by atoms with Gasteiger partial charge in [0.1, 0.15) is 0 Å². The maximum Gasteiger partial charge on any atom is 0.279 e. The Balaban J connectivity index is 2.31. The molecule has 0 heterocycles. The SMILES string of the molecule is CCOC1CC(NS(=O)(=O)N(C)CCCN)C1. The molecule has 102 valence electrons. The monoisotopic (exact) mass is 265 g/mol. The summed E-state index contributed by atoms with van der Waals surface area (Å²) in [6.07, 6.45) is 2.40. The summed E-state index contributed by atoms with van der Waals surface area (Å²) in [5.41, 5.74) is 5.35. The lowest BCUT2D eigenvalue weighted by atomic mass is 9.90. The number of hydrogen-bond acceptors (Lipinski definition) is 4. The zero-order valence-electron chi connectivity index (χ0n) is 10.6. The molecule has 0 aromatic carbocycles. The Morgan fingerprint density at radius 1 is 1.47 bits per heavy atom. The molecular weight excluding hydrogens is 242 g/mol. The van der Waals surface area contributed by atoms with Crippen molar-refractivity contribution in [2.75, 3.05) is 26.7 Å². The van der Waals surface area contributed by atoms with Crippen molar-refractivity contribution in [2.45, 2.75) is 38.3 Å². The largest absolute Gasteiger partial charge is 0.378 e. The average molecular weight is 265 g/mol. The first kappa shape index (κ1) is 14.8. The van der Waals surface area contributed by atoms with E-state index in [0.29, 0.717) is 26.1 Å². The first-order valence-corrected chi connectivity index (χ1v) is 7.48. The summed E-state index contributed by atoms with van der Waals surface area (Å²) >= 11 is 0. The van der Waals surface area contributed by atoms with E-state index in [0.717, 1.165) is 12.8 Å². The Hall–Kier alpha value is -0.210. The molecule has 1 aliphatic carbocycles. The van der Waals surface area contributed by atoms with Crippen LogP contribution in [-0.4, -0.2) is 51.6 Å². The van der Waals surface area contributed by atoms with Crippen LogP contribution in [-0.2, 0) is 14.9 Å². The molecule has 0 saturated heterocycles. The summed E-state index contributed by atoms with van der Waals surface area (Å²) < 4.78 is 33.0. The zero-order valence-corrected chi connectivity index (χ0v) is 11.4. The molecule has 0 unspecified atom stereocenters. The summed E-state index contributed by atoms with van der Waals surface area (Å²) in [6, 6.07) is 0.0110. The summed E-state index contributed by atoms with van der Waals surface area (Å²) in [4.78, 5) is 0. The first-order valence-electron chi connectivity index (χ1n) is 6.04. The van der Waals surface area contributed by atoms with Crippen molar-refractivity contribution in [3.05, 3.63) is 0 Å². The molecule has 0 aromatic rings. The van der Waals surface area contributed by atoms with Crippen molar-refractivity contribution >= 4 is 10.2 Å². The second kappa shape index (κ2) is 6.65. The van der Waals surface area contributed by atoms with Gasteiger partial charge in [0.05, 0.1) is 6.10 Å². The minimum atomic E-state index is -3.36. The summed E-state index contributed by atoms with van der Waals surface area (Å²) in [5.74, 6) is 0. The number of nitrogens with one attached hydrogen (secondary N) is 1. The predicted octanol–water partition coefficient (Wildman–Crippen LogP) is -0.331. The van der Waals surface area contributed by atoms with E-state index in [-0.39, 0.29) is 12.1 Å². The van der Waals surface area contributed by atoms with Crippen LogP contribution in [0.25, 0.3) is 0 Å². The third kappa shape index (κ3) is 4.51. The maximum atomic E-state index is 11.8. The van der Waals surface area contributed by atoms with Gasteiger partial charge in [0, 0.05) is 26.2 Å². The van der Waals surface area contributed by atoms with Gasteiger partial charge in [-0.3, -0.25) is 0 Å². The Kier molecular flexibility index (Phi) is 5.81. The van der Waals surface area contributed by atoms with Crippen molar-refractivity contribution in [3.8, 4) is 0 Å².